The lowest BCUT2D eigenvalue weighted by molar-refractivity contribution is 0.0249. The molecule has 1 N–H and O–H groups in total. The van der Waals surface area contributed by atoms with Crippen molar-refractivity contribution in [3.8, 4) is 5.75 Å². The Balaban J connectivity index is 1.63. The minimum absolute atomic E-state index is 0.352. The molecule has 1 atom stereocenters. The van der Waals surface area contributed by atoms with E-state index in [2.05, 4.69) is 28.4 Å². The van der Waals surface area contributed by atoms with Crippen LogP contribution in [0.25, 0.3) is 0 Å². The summed E-state index contributed by atoms with van der Waals surface area (Å²) in [5, 5.41) is 3.39. The van der Waals surface area contributed by atoms with Crippen molar-refractivity contribution >= 4 is 5.69 Å². The van der Waals surface area contributed by atoms with Crippen molar-refractivity contribution in [2.75, 3.05) is 44.3 Å². The van der Waals surface area contributed by atoms with Crippen molar-refractivity contribution in [1.82, 2.24) is 5.32 Å². The number of morpholine rings is 1. The number of ether oxygens (including phenoxy) is 2. The summed E-state index contributed by atoms with van der Waals surface area (Å²) in [6.45, 7) is 5.71. The maximum atomic E-state index is 5.79. The maximum Gasteiger partial charge on any atom is 0.142 e. The van der Waals surface area contributed by atoms with E-state index < -0.39 is 0 Å². The Morgan fingerprint density at radius 2 is 2.21 bits per heavy atom. The van der Waals surface area contributed by atoms with Gasteiger partial charge in [-0.3, -0.25) is 0 Å². The summed E-state index contributed by atoms with van der Waals surface area (Å²) >= 11 is 0. The van der Waals surface area contributed by atoms with Crippen LogP contribution in [0.1, 0.15) is 12.8 Å². The van der Waals surface area contributed by atoms with Crippen LogP contribution in [-0.2, 0) is 4.74 Å². The molecule has 4 heteroatoms. The number of nitrogens with one attached hydrogen (secondary N) is 1. The number of fused-ring (bicyclic) bond motifs is 1. The monoisotopic (exact) mass is 262 g/mol. The normalized spacial score (nSPS) is 23.4. The fourth-order valence-corrected chi connectivity index (χ4v) is 2.74. The molecule has 2 aliphatic heterocycles. The number of hydrogen-bond acceptors (Lipinski definition) is 4. The van der Waals surface area contributed by atoms with Gasteiger partial charge in [0.2, 0.25) is 0 Å². The molecular formula is C15H22N2O2. The van der Waals surface area contributed by atoms with Gasteiger partial charge in [-0.25, -0.2) is 0 Å². The molecule has 104 valence electrons. The largest absolute Gasteiger partial charge is 0.491 e. The van der Waals surface area contributed by atoms with Gasteiger partial charge in [-0.05, 0) is 25.0 Å². The summed E-state index contributed by atoms with van der Waals surface area (Å²) in [6.07, 6.45) is 2.50. The second-order valence-corrected chi connectivity index (χ2v) is 5.14. The highest BCUT2D eigenvalue weighted by atomic mass is 16.5. The summed E-state index contributed by atoms with van der Waals surface area (Å²) in [6, 6.07) is 8.34. The second-order valence-electron chi connectivity index (χ2n) is 5.14. The average molecular weight is 262 g/mol. The van der Waals surface area contributed by atoms with Crippen molar-refractivity contribution < 1.29 is 9.47 Å². The fraction of sp³-hybridized carbons (Fsp3) is 0.600. The average Bonchev–Trinajstić information content (AvgIpc) is 2.68. The summed E-state index contributed by atoms with van der Waals surface area (Å²) < 4.78 is 11.6. The molecule has 1 aromatic carbocycles. The zero-order valence-corrected chi connectivity index (χ0v) is 11.3. The van der Waals surface area contributed by atoms with E-state index in [1.165, 1.54) is 5.69 Å². The molecule has 1 aromatic rings. The highest BCUT2D eigenvalue weighted by Gasteiger charge is 2.19. The standard InChI is InChI=1S/C15H22N2O2/c1-2-5-15-14(4-1)17(8-3-10-19-15)9-6-13-12-16-7-11-18-13/h1-2,4-5,13,16H,3,6-12H2. The van der Waals surface area contributed by atoms with Gasteiger partial charge in [-0.1, -0.05) is 12.1 Å². The third kappa shape index (κ3) is 3.19. The van der Waals surface area contributed by atoms with Gasteiger partial charge in [0, 0.05) is 26.2 Å². The first-order chi connectivity index (χ1) is 9.43. The molecule has 0 bridgehead atoms. The number of rotatable bonds is 3. The Hall–Kier alpha value is -1.26. The first kappa shape index (κ1) is 12.8. The number of anilines is 1. The van der Waals surface area contributed by atoms with E-state index in [0.717, 1.165) is 58.0 Å². The van der Waals surface area contributed by atoms with Gasteiger partial charge in [0.25, 0.3) is 0 Å². The highest BCUT2D eigenvalue weighted by Crippen LogP contribution is 2.30. The zero-order valence-electron chi connectivity index (χ0n) is 11.3. The quantitative estimate of drug-likeness (QED) is 0.898. The molecule has 0 saturated carbocycles. The number of para-hydroxylation sites is 2. The lowest BCUT2D eigenvalue weighted by atomic mass is 10.2. The van der Waals surface area contributed by atoms with Crippen LogP contribution in [0.4, 0.5) is 5.69 Å². The van der Waals surface area contributed by atoms with Gasteiger partial charge in [0.1, 0.15) is 5.75 Å². The van der Waals surface area contributed by atoms with Gasteiger partial charge in [-0.15, -0.1) is 0 Å². The van der Waals surface area contributed by atoms with Crippen molar-refractivity contribution in [2.45, 2.75) is 18.9 Å². The molecule has 1 fully saturated rings. The fourth-order valence-electron chi connectivity index (χ4n) is 2.74. The third-order valence-electron chi connectivity index (χ3n) is 3.76. The predicted molar refractivity (Wildman–Crippen MR) is 76.0 cm³/mol. The van der Waals surface area contributed by atoms with Crippen molar-refractivity contribution in [1.29, 1.82) is 0 Å². The summed E-state index contributed by atoms with van der Waals surface area (Å²) in [5.74, 6) is 1.02. The second kappa shape index (κ2) is 6.26. The molecule has 0 aliphatic carbocycles. The van der Waals surface area contributed by atoms with Crippen LogP contribution in [0.2, 0.25) is 0 Å². The van der Waals surface area contributed by atoms with Gasteiger partial charge in [-0.2, -0.15) is 0 Å². The summed E-state index contributed by atoms with van der Waals surface area (Å²) in [4.78, 5) is 2.43. The van der Waals surface area contributed by atoms with Crippen LogP contribution >= 0.6 is 0 Å². The maximum absolute atomic E-state index is 5.79. The molecule has 0 amide bonds. The zero-order chi connectivity index (χ0) is 12.9. The van der Waals surface area contributed by atoms with E-state index in [4.69, 9.17) is 9.47 Å². The Bertz CT molecular complexity index is 405. The topological polar surface area (TPSA) is 33.7 Å². The molecule has 3 rings (SSSR count). The number of hydrogen-bond donors (Lipinski definition) is 1. The van der Waals surface area contributed by atoms with Crippen molar-refractivity contribution in [3.63, 3.8) is 0 Å². The Morgan fingerprint density at radius 3 is 3.11 bits per heavy atom. The molecule has 0 spiro atoms. The first-order valence-electron chi connectivity index (χ1n) is 7.22. The summed E-state index contributed by atoms with van der Waals surface area (Å²) in [7, 11) is 0. The molecule has 19 heavy (non-hydrogen) atoms. The molecule has 1 unspecified atom stereocenters. The molecule has 2 heterocycles. The minimum atomic E-state index is 0.352. The SMILES string of the molecule is c1ccc2c(c1)OCCCN2CCC1CNCCO1. The molecule has 0 aromatic heterocycles. The van der Waals surface area contributed by atoms with Gasteiger partial charge in [0.15, 0.2) is 0 Å². The smallest absolute Gasteiger partial charge is 0.142 e. The molecule has 4 nitrogen and oxygen atoms in total. The summed E-state index contributed by atoms with van der Waals surface area (Å²) in [5.41, 5.74) is 1.23. The van der Waals surface area contributed by atoms with Gasteiger partial charge >= 0.3 is 0 Å². The molecule has 2 aliphatic rings. The van der Waals surface area contributed by atoms with E-state index in [1.807, 2.05) is 6.07 Å². The highest BCUT2D eigenvalue weighted by molar-refractivity contribution is 5.58. The molecular weight excluding hydrogens is 240 g/mol. The van der Waals surface area contributed by atoms with Crippen LogP contribution in [-0.4, -0.2) is 45.5 Å². The number of benzene rings is 1. The van der Waals surface area contributed by atoms with E-state index in [1.54, 1.807) is 0 Å². The van der Waals surface area contributed by atoms with Crippen molar-refractivity contribution in [3.05, 3.63) is 24.3 Å². The third-order valence-corrected chi connectivity index (χ3v) is 3.76. The minimum Gasteiger partial charge on any atom is -0.491 e. The van der Waals surface area contributed by atoms with Gasteiger partial charge in [0.05, 0.1) is 25.0 Å². The van der Waals surface area contributed by atoms with E-state index >= 15 is 0 Å². The Labute approximate surface area is 114 Å². The Kier molecular flexibility index (Phi) is 4.20. The Morgan fingerprint density at radius 1 is 1.26 bits per heavy atom. The van der Waals surface area contributed by atoms with Crippen LogP contribution < -0.4 is 15.0 Å². The van der Waals surface area contributed by atoms with E-state index in [0.29, 0.717) is 6.10 Å². The van der Waals surface area contributed by atoms with Gasteiger partial charge < -0.3 is 19.7 Å². The van der Waals surface area contributed by atoms with Crippen LogP contribution in [0.3, 0.4) is 0 Å². The van der Waals surface area contributed by atoms with Crippen LogP contribution in [0.5, 0.6) is 5.75 Å². The van der Waals surface area contributed by atoms with Crippen LogP contribution in [0.15, 0.2) is 24.3 Å². The number of nitrogens with zero attached hydrogens (tertiary/aromatic N) is 1. The predicted octanol–water partition coefficient (Wildman–Crippen LogP) is 1.65. The lowest BCUT2D eigenvalue weighted by Crippen LogP contribution is -2.40. The first-order valence-corrected chi connectivity index (χ1v) is 7.22. The van der Waals surface area contributed by atoms with Crippen molar-refractivity contribution in [2.24, 2.45) is 0 Å². The molecule has 0 radical (unpaired) electrons. The van der Waals surface area contributed by atoms with E-state index in [-0.39, 0.29) is 0 Å². The molecule has 1 saturated heterocycles. The van der Waals surface area contributed by atoms with Crippen LogP contribution in [0, 0.1) is 0 Å². The lowest BCUT2D eigenvalue weighted by Gasteiger charge is -2.28. The van der Waals surface area contributed by atoms with E-state index in [9.17, 15) is 0 Å².